The van der Waals surface area contributed by atoms with E-state index in [1.54, 1.807) is 0 Å². The molecule has 4 heteroatoms. The fourth-order valence-corrected chi connectivity index (χ4v) is 2.29. The van der Waals surface area contributed by atoms with Gasteiger partial charge in [-0.05, 0) is 36.2 Å². The van der Waals surface area contributed by atoms with Gasteiger partial charge in [-0.2, -0.15) is 0 Å². The number of nitrogens with two attached hydrogens (primary N) is 1. The van der Waals surface area contributed by atoms with Crippen molar-refractivity contribution in [2.75, 3.05) is 5.32 Å². The molecule has 2 rings (SSSR count). The molecule has 0 aromatic heterocycles. The number of hydrogen-bond acceptors (Lipinski definition) is 2. The van der Waals surface area contributed by atoms with Gasteiger partial charge in [-0.3, -0.25) is 4.79 Å². The van der Waals surface area contributed by atoms with Crippen molar-refractivity contribution >= 4 is 23.2 Å². The average Bonchev–Trinajstić information content (AvgIpc) is 2.40. The summed E-state index contributed by atoms with van der Waals surface area (Å²) in [6.07, 6.45) is 0.228. The summed E-state index contributed by atoms with van der Waals surface area (Å²) in [4.78, 5) is 11.1. The molecule has 1 unspecified atom stereocenters. The Kier molecular flexibility index (Phi) is 4.64. The van der Waals surface area contributed by atoms with E-state index in [1.165, 1.54) is 0 Å². The molecule has 0 aliphatic heterocycles. The van der Waals surface area contributed by atoms with Crippen LogP contribution in [0.3, 0.4) is 0 Å². The van der Waals surface area contributed by atoms with Crippen molar-refractivity contribution in [2.45, 2.75) is 19.4 Å². The van der Waals surface area contributed by atoms with Gasteiger partial charge in [0.2, 0.25) is 5.91 Å². The minimum atomic E-state index is -0.338. The zero-order chi connectivity index (χ0) is 14.5. The molecule has 2 aromatic rings. The Hall–Kier alpha value is -2.00. The molecule has 0 heterocycles. The number of carbonyl (C=O) groups is 1. The highest BCUT2D eigenvalue weighted by molar-refractivity contribution is 6.30. The van der Waals surface area contributed by atoms with Crippen molar-refractivity contribution in [3.63, 3.8) is 0 Å². The zero-order valence-corrected chi connectivity index (χ0v) is 12.0. The van der Waals surface area contributed by atoms with E-state index < -0.39 is 0 Å². The van der Waals surface area contributed by atoms with Gasteiger partial charge < -0.3 is 11.1 Å². The van der Waals surface area contributed by atoms with Gasteiger partial charge in [-0.25, -0.2) is 0 Å². The van der Waals surface area contributed by atoms with Crippen molar-refractivity contribution in [1.82, 2.24) is 0 Å². The van der Waals surface area contributed by atoms with Crippen molar-refractivity contribution in [1.29, 1.82) is 0 Å². The minimum absolute atomic E-state index is 0.0859. The van der Waals surface area contributed by atoms with Crippen molar-refractivity contribution in [3.8, 4) is 0 Å². The molecule has 0 bridgehead atoms. The molecule has 3 nitrogen and oxygen atoms in total. The second-order valence-electron chi connectivity index (χ2n) is 4.72. The molecule has 0 spiro atoms. The maximum atomic E-state index is 11.1. The van der Waals surface area contributed by atoms with Gasteiger partial charge in [0.15, 0.2) is 0 Å². The van der Waals surface area contributed by atoms with E-state index in [0.29, 0.717) is 5.02 Å². The molecular formula is C16H17ClN2O. The Balaban J connectivity index is 2.19. The van der Waals surface area contributed by atoms with Crippen molar-refractivity contribution < 1.29 is 4.79 Å². The van der Waals surface area contributed by atoms with E-state index in [-0.39, 0.29) is 18.4 Å². The maximum Gasteiger partial charge on any atom is 0.221 e. The van der Waals surface area contributed by atoms with Gasteiger partial charge in [-0.15, -0.1) is 0 Å². The van der Waals surface area contributed by atoms with E-state index in [2.05, 4.69) is 5.32 Å². The first-order valence-corrected chi connectivity index (χ1v) is 6.82. The predicted molar refractivity (Wildman–Crippen MR) is 82.8 cm³/mol. The Morgan fingerprint density at radius 2 is 2.00 bits per heavy atom. The largest absolute Gasteiger partial charge is 0.378 e. The van der Waals surface area contributed by atoms with Gasteiger partial charge in [0.1, 0.15) is 0 Å². The third-order valence-corrected chi connectivity index (χ3v) is 3.34. The standard InChI is InChI=1S/C16H17ClN2O/c1-11(12-6-4-7-14(17)9-12)19-15-8-3-2-5-13(15)10-16(18)20/h2-9,11,19H,10H2,1H3,(H2,18,20). The highest BCUT2D eigenvalue weighted by atomic mass is 35.5. The van der Waals surface area contributed by atoms with Crippen molar-refractivity contribution in [2.24, 2.45) is 5.73 Å². The van der Waals surface area contributed by atoms with E-state index >= 15 is 0 Å². The van der Waals surface area contributed by atoms with Crippen LogP contribution in [0.15, 0.2) is 48.5 Å². The molecule has 1 amide bonds. The molecule has 104 valence electrons. The number of halogens is 1. The summed E-state index contributed by atoms with van der Waals surface area (Å²) < 4.78 is 0. The van der Waals surface area contributed by atoms with Gasteiger partial charge in [0, 0.05) is 16.8 Å². The van der Waals surface area contributed by atoms with Gasteiger partial charge in [-0.1, -0.05) is 41.9 Å². The molecule has 0 saturated heterocycles. The summed E-state index contributed by atoms with van der Waals surface area (Å²) in [5.41, 5.74) is 8.17. The molecule has 2 aromatic carbocycles. The topological polar surface area (TPSA) is 55.1 Å². The van der Waals surface area contributed by atoms with Crippen LogP contribution in [0, 0.1) is 0 Å². The smallest absolute Gasteiger partial charge is 0.221 e. The lowest BCUT2D eigenvalue weighted by Crippen LogP contribution is -2.16. The van der Waals surface area contributed by atoms with Gasteiger partial charge in [0.25, 0.3) is 0 Å². The maximum absolute atomic E-state index is 11.1. The van der Waals surface area contributed by atoms with E-state index in [0.717, 1.165) is 16.8 Å². The zero-order valence-electron chi connectivity index (χ0n) is 11.3. The van der Waals surface area contributed by atoms with Crippen LogP contribution >= 0.6 is 11.6 Å². The van der Waals surface area contributed by atoms with E-state index in [4.69, 9.17) is 17.3 Å². The number of amides is 1. The normalized spacial score (nSPS) is 11.9. The highest BCUT2D eigenvalue weighted by Gasteiger charge is 2.09. The van der Waals surface area contributed by atoms with Crippen LogP contribution in [-0.4, -0.2) is 5.91 Å². The van der Waals surface area contributed by atoms with Gasteiger partial charge >= 0.3 is 0 Å². The van der Waals surface area contributed by atoms with Crippen LogP contribution in [0.5, 0.6) is 0 Å². The lowest BCUT2D eigenvalue weighted by molar-refractivity contribution is -0.117. The van der Waals surface area contributed by atoms with Crippen LogP contribution < -0.4 is 11.1 Å². The molecule has 3 N–H and O–H groups in total. The quantitative estimate of drug-likeness (QED) is 0.884. The Morgan fingerprint density at radius 3 is 2.70 bits per heavy atom. The fraction of sp³-hybridized carbons (Fsp3) is 0.188. The SMILES string of the molecule is CC(Nc1ccccc1CC(N)=O)c1cccc(Cl)c1. The van der Waals surface area contributed by atoms with Crippen LogP contribution in [-0.2, 0) is 11.2 Å². The number of rotatable bonds is 5. The summed E-state index contributed by atoms with van der Waals surface area (Å²) in [5, 5.41) is 4.10. The Labute approximate surface area is 123 Å². The fourth-order valence-electron chi connectivity index (χ4n) is 2.10. The number of primary amides is 1. The third-order valence-electron chi connectivity index (χ3n) is 3.10. The highest BCUT2D eigenvalue weighted by Crippen LogP contribution is 2.24. The summed E-state index contributed by atoms with van der Waals surface area (Å²) in [6, 6.07) is 15.5. The number of nitrogens with one attached hydrogen (secondary N) is 1. The first kappa shape index (κ1) is 14.4. The third kappa shape index (κ3) is 3.75. The van der Waals surface area contributed by atoms with Crippen LogP contribution in [0.25, 0.3) is 0 Å². The van der Waals surface area contributed by atoms with E-state index in [9.17, 15) is 4.79 Å². The molecule has 0 saturated carbocycles. The molecular weight excluding hydrogens is 272 g/mol. The monoisotopic (exact) mass is 288 g/mol. The Bertz CT molecular complexity index is 613. The van der Waals surface area contributed by atoms with Crippen molar-refractivity contribution in [3.05, 3.63) is 64.7 Å². The minimum Gasteiger partial charge on any atom is -0.378 e. The summed E-state index contributed by atoms with van der Waals surface area (Å²) in [6.45, 7) is 2.05. The molecule has 0 aliphatic carbocycles. The molecule has 20 heavy (non-hydrogen) atoms. The predicted octanol–water partition coefficient (Wildman–Crippen LogP) is 3.54. The molecule has 0 fully saturated rings. The number of anilines is 1. The second kappa shape index (κ2) is 6.44. The number of carbonyl (C=O) groups excluding carboxylic acids is 1. The summed E-state index contributed by atoms with van der Waals surface area (Å²) in [5.74, 6) is -0.338. The molecule has 0 radical (unpaired) electrons. The number of para-hydroxylation sites is 1. The number of benzene rings is 2. The molecule has 0 aliphatic rings. The Morgan fingerprint density at radius 1 is 1.25 bits per heavy atom. The van der Waals surface area contributed by atoms with E-state index in [1.807, 2.05) is 55.5 Å². The number of hydrogen-bond donors (Lipinski definition) is 2. The van der Waals surface area contributed by atoms with Gasteiger partial charge in [0.05, 0.1) is 6.42 Å². The van der Waals surface area contributed by atoms with Crippen LogP contribution in [0.4, 0.5) is 5.69 Å². The average molecular weight is 289 g/mol. The molecule has 1 atom stereocenters. The van der Waals surface area contributed by atoms with Crippen LogP contribution in [0.1, 0.15) is 24.1 Å². The lowest BCUT2D eigenvalue weighted by atomic mass is 10.1. The second-order valence-corrected chi connectivity index (χ2v) is 5.16. The first-order valence-electron chi connectivity index (χ1n) is 6.44. The summed E-state index contributed by atoms with van der Waals surface area (Å²) >= 11 is 6.00. The van der Waals surface area contributed by atoms with Crippen LogP contribution in [0.2, 0.25) is 5.02 Å². The first-order chi connectivity index (χ1) is 9.56. The lowest BCUT2D eigenvalue weighted by Gasteiger charge is -2.18. The summed E-state index contributed by atoms with van der Waals surface area (Å²) in [7, 11) is 0.